The van der Waals surface area contributed by atoms with Gasteiger partial charge in [0.2, 0.25) is 0 Å². The van der Waals surface area contributed by atoms with Crippen molar-refractivity contribution >= 4 is 23.1 Å². The van der Waals surface area contributed by atoms with Crippen molar-refractivity contribution in [1.29, 1.82) is 0 Å². The quantitative estimate of drug-likeness (QED) is 0.777. The summed E-state index contributed by atoms with van der Waals surface area (Å²) in [6, 6.07) is 17.6. The molecular weight excluding hydrogens is 300 g/mol. The lowest BCUT2D eigenvalue weighted by molar-refractivity contribution is 0.228. The minimum atomic E-state index is 0.786. The van der Waals surface area contributed by atoms with Crippen LogP contribution in [0, 0.1) is 5.92 Å². The van der Waals surface area contributed by atoms with Gasteiger partial charge in [0.15, 0.2) is 0 Å². The summed E-state index contributed by atoms with van der Waals surface area (Å²) in [7, 11) is 0. The number of nitrogens with zero attached hydrogens (tertiary/aromatic N) is 2. The zero-order valence-electron chi connectivity index (χ0n) is 13.1. The number of fused-ring (bicyclic) bond motifs is 4. The third-order valence-corrected chi connectivity index (χ3v) is 6.41. The summed E-state index contributed by atoms with van der Waals surface area (Å²) < 4.78 is 0. The van der Waals surface area contributed by atoms with Gasteiger partial charge < -0.3 is 9.80 Å². The number of hydrogen-bond acceptors (Lipinski definition) is 3. The molecule has 0 aromatic heterocycles. The van der Waals surface area contributed by atoms with Crippen LogP contribution in [-0.4, -0.2) is 24.5 Å². The predicted molar refractivity (Wildman–Crippen MR) is 96.4 cm³/mol. The molecule has 2 bridgehead atoms. The van der Waals surface area contributed by atoms with Crippen LogP contribution in [0.2, 0.25) is 0 Å². The maximum absolute atomic E-state index is 2.52. The molecule has 2 aromatic carbocycles. The molecule has 2 nitrogen and oxygen atoms in total. The van der Waals surface area contributed by atoms with Gasteiger partial charge in [-0.2, -0.15) is 0 Å². The third kappa shape index (κ3) is 2.26. The van der Waals surface area contributed by atoms with Crippen LogP contribution in [0.3, 0.4) is 0 Å². The van der Waals surface area contributed by atoms with E-state index in [1.807, 2.05) is 11.8 Å². The molecule has 23 heavy (non-hydrogen) atoms. The Morgan fingerprint density at radius 2 is 1.48 bits per heavy atom. The Morgan fingerprint density at radius 3 is 2.04 bits per heavy atom. The lowest BCUT2D eigenvalue weighted by atomic mass is 9.85. The van der Waals surface area contributed by atoms with Gasteiger partial charge in [0.25, 0.3) is 0 Å². The van der Waals surface area contributed by atoms with Crippen molar-refractivity contribution in [2.45, 2.75) is 22.6 Å². The van der Waals surface area contributed by atoms with Gasteiger partial charge in [-0.3, -0.25) is 0 Å². The van der Waals surface area contributed by atoms with Crippen molar-refractivity contribution in [2.75, 3.05) is 24.5 Å². The lowest BCUT2D eigenvalue weighted by Crippen LogP contribution is -2.39. The fourth-order valence-corrected chi connectivity index (χ4v) is 5.14. The minimum absolute atomic E-state index is 0.786. The Morgan fingerprint density at radius 1 is 0.870 bits per heavy atom. The van der Waals surface area contributed by atoms with Gasteiger partial charge in [-0.25, -0.2) is 0 Å². The van der Waals surface area contributed by atoms with E-state index in [4.69, 9.17) is 0 Å². The molecule has 0 amide bonds. The SMILES string of the molecule is C1=C(CN2c3ccccc3Sc3ccccc32)C2CCN1CC2. The molecule has 1 fully saturated rings. The molecule has 0 N–H and O–H groups in total. The second-order valence-electron chi connectivity index (χ2n) is 6.64. The standard InChI is InChI=1S/C20H20N2S/c1-3-7-19-17(5-1)22(18-6-2-4-8-20(18)23-19)14-16-13-21-11-9-15(16)10-12-21/h1-8,13,15H,9-12,14H2. The number of hydrogen-bond donors (Lipinski definition) is 0. The van der Waals surface area contributed by atoms with E-state index in [9.17, 15) is 0 Å². The molecule has 4 aliphatic heterocycles. The van der Waals surface area contributed by atoms with E-state index < -0.39 is 0 Å². The van der Waals surface area contributed by atoms with Crippen LogP contribution in [-0.2, 0) is 0 Å². The first kappa shape index (κ1) is 13.6. The van der Waals surface area contributed by atoms with Crippen LogP contribution in [0.5, 0.6) is 0 Å². The van der Waals surface area contributed by atoms with E-state index in [1.54, 1.807) is 5.57 Å². The van der Waals surface area contributed by atoms with Gasteiger partial charge in [-0.1, -0.05) is 36.0 Å². The molecule has 2 aromatic rings. The number of rotatable bonds is 2. The molecule has 0 atom stereocenters. The summed E-state index contributed by atoms with van der Waals surface area (Å²) in [6.45, 7) is 3.52. The largest absolute Gasteiger partial charge is 0.377 e. The normalized spacial score (nSPS) is 19.4. The molecule has 116 valence electrons. The maximum atomic E-state index is 2.52. The van der Waals surface area contributed by atoms with Gasteiger partial charge >= 0.3 is 0 Å². The fourth-order valence-electron chi connectivity index (χ4n) is 4.04. The van der Waals surface area contributed by atoms with E-state index in [0.717, 1.165) is 12.5 Å². The first-order valence-corrected chi connectivity index (χ1v) is 9.28. The van der Waals surface area contributed by atoms with Gasteiger partial charge in [-0.15, -0.1) is 0 Å². The number of piperidine rings is 1. The van der Waals surface area contributed by atoms with E-state index in [2.05, 4.69) is 64.5 Å². The van der Waals surface area contributed by atoms with Crippen molar-refractivity contribution in [2.24, 2.45) is 5.92 Å². The van der Waals surface area contributed by atoms with E-state index in [1.165, 1.54) is 47.1 Å². The molecule has 1 saturated heterocycles. The highest BCUT2D eigenvalue weighted by molar-refractivity contribution is 7.99. The Kier molecular flexibility index (Phi) is 3.15. The fraction of sp³-hybridized carbons (Fsp3) is 0.300. The number of para-hydroxylation sites is 2. The monoisotopic (exact) mass is 320 g/mol. The van der Waals surface area contributed by atoms with E-state index in [-0.39, 0.29) is 0 Å². The van der Waals surface area contributed by atoms with Crippen molar-refractivity contribution in [3.05, 3.63) is 60.3 Å². The lowest BCUT2D eigenvalue weighted by Gasteiger charge is -2.42. The van der Waals surface area contributed by atoms with Gasteiger partial charge in [-0.05, 0) is 48.6 Å². The van der Waals surface area contributed by atoms with Crippen LogP contribution in [0.25, 0.3) is 0 Å². The first-order valence-electron chi connectivity index (χ1n) is 8.46. The van der Waals surface area contributed by atoms with Crippen molar-refractivity contribution in [3.63, 3.8) is 0 Å². The average Bonchev–Trinajstić information content (AvgIpc) is 2.62. The summed E-state index contributed by atoms with van der Waals surface area (Å²) in [5.41, 5.74) is 4.32. The first-order chi connectivity index (χ1) is 11.4. The summed E-state index contributed by atoms with van der Waals surface area (Å²) >= 11 is 1.89. The summed E-state index contributed by atoms with van der Waals surface area (Å²) in [4.78, 5) is 7.77. The highest BCUT2D eigenvalue weighted by atomic mass is 32.2. The van der Waals surface area contributed by atoms with Crippen molar-refractivity contribution in [3.8, 4) is 0 Å². The molecule has 0 unspecified atom stereocenters. The Labute approximate surface area is 141 Å². The molecule has 3 heteroatoms. The Balaban J connectivity index is 1.57. The molecule has 0 saturated carbocycles. The highest BCUT2D eigenvalue weighted by Crippen LogP contribution is 2.48. The second-order valence-corrected chi connectivity index (χ2v) is 7.72. The van der Waals surface area contributed by atoms with Crippen LogP contribution >= 0.6 is 11.8 Å². The van der Waals surface area contributed by atoms with E-state index in [0.29, 0.717) is 0 Å². The molecular formula is C20H20N2S. The molecule has 0 spiro atoms. The van der Waals surface area contributed by atoms with Crippen LogP contribution in [0.4, 0.5) is 11.4 Å². The Hall–Kier alpha value is -1.87. The summed E-state index contributed by atoms with van der Waals surface area (Å²) in [6.07, 6.45) is 5.10. The summed E-state index contributed by atoms with van der Waals surface area (Å²) in [5.74, 6) is 0.786. The molecule has 4 aliphatic rings. The van der Waals surface area contributed by atoms with Crippen LogP contribution in [0.1, 0.15) is 12.8 Å². The third-order valence-electron chi connectivity index (χ3n) is 5.28. The van der Waals surface area contributed by atoms with Crippen molar-refractivity contribution < 1.29 is 0 Å². The topological polar surface area (TPSA) is 6.48 Å². The predicted octanol–water partition coefficient (Wildman–Crippen LogP) is 4.90. The molecule has 0 radical (unpaired) electrons. The van der Waals surface area contributed by atoms with E-state index >= 15 is 0 Å². The highest BCUT2D eigenvalue weighted by Gasteiger charge is 2.30. The smallest absolute Gasteiger partial charge is 0.0555 e. The van der Waals surface area contributed by atoms with Gasteiger partial charge in [0, 0.05) is 35.6 Å². The average molecular weight is 320 g/mol. The maximum Gasteiger partial charge on any atom is 0.0555 e. The van der Waals surface area contributed by atoms with Crippen LogP contribution < -0.4 is 4.90 Å². The molecule has 0 aliphatic carbocycles. The molecule has 4 heterocycles. The van der Waals surface area contributed by atoms with Crippen LogP contribution in [0.15, 0.2) is 70.1 Å². The Bertz CT molecular complexity index is 729. The zero-order chi connectivity index (χ0) is 15.2. The zero-order valence-corrected chi connectivity index (χ0v) is 13.9. The summed E-state index contributed by atoms with van der Waals surface area (Å²) in [5, 5.41) is 0. The van der Waals surface area contributed by atoms with Crippen molar-refractivity contribution in [1.82, 2.24) is 4.90 Å². The van der Waals surface area contributed by atoms with Gasteiger partial charge in [0.05, 0.1) is 11.4 Å². The minimum Gasteiger partial charge on any atom is -0.377 e. The number of anilines is 2. The molecule has 6 rings (SSSR count). The van der Waals surface area contributed by atoms with Gasteiger partial charge in [0.1, 0.15) is 0 Å². The number of benzene rings is 2. The second kappa shape index (κ2) is 5.34.